The zero-order valence-electron chi connectivity index (χ0n) is 7.91. The largest absolute Gasteiger partial charge is 0.371 e. The van der Waals surface area contributed by atoms with Gasteiger partial charge in [-0.15, -0.1) is 11.3 Å². The monoisotopic (exact) mass is 275 g/mol. The zero-order valence-corrected chi connectivity index (χ0v) is 10.3. The summed E-state index contributed by atoms with van der Waals surface area (Å²) >= 11 is 5.15. The van der Waals surface area contributed by atoms with E-state index in [4.69, 9.17) is 10.5 Å². The van der Waals surface area contributed by atoms with E-state index in [1.807, 2.05) is 6.07 Å². The van der Waals surface area contributed by atoms with E-state index in [0.717, 1.165) is 16.3 Å². The van der Waals surface area contributed by atoms with Crippen molar-refractivity contribution in [1.29, 1.82) is 0 Å². The second-order valence-corrected chi connectivity index (χ2v) is 6.14. The Hall–Kier alpha value is 0.1000. The SMILES string of the molecule is NCC(OCC1CC1)c1ccc(Br)s1. The molecule has 1 fully saturated rings. The van der Waals surface area contributed by atoms with Gasteiger partial charge in [-0.2, -0.15) is 0 Å². The number of thiophene rings is 1. The molecule has 1 aliphatic carbocycles. The molecule has 1 aromatic rings. The van der Waals surface area contributed by atoms with Crippen LogP contribution < -0.4 is 5.73 Å². The maximum Gasteiger partial charge on any atom is 0.104 e. The lowest BCUT2D eigenvalue weighted by Gasteiger charge is -2.13. The summed E-state index contributed by atoms with van der Waals surface area (Å²) in [6.07, 6.45) is 2.74. The van der Waals surface area contributed by atoms with Gasteiger partial charge in [-0.1, -0.05) is 0 Å². The minimum Gasteiger partial charge on any atom is -0.371 e. The van der Waals surface area contributed by atoms with Crippen LogP contribution in [0.2, 0.25) is 0 Å². The van der Waals surface area contributed by atoms with Gasteiger partial charge in [0.1, 0.15) is 6.10 Å². The molecule has 4 heteroatoms. The molecule has 0 aliphatic heterocycles. The van der Waals surface area contributed by atoms with Crippen molar-refractivity contribution in [3.05, 3.63) is 20.8 Å². The third kappa shape index (κ3) is 2.79. The summed E-state index contributed by atoms with van der Waals surface area (Å²) in [6, 6.07) is 4.13. The Morgan fingerprint density at radius 1 is 1.57 bits per heavy atom. The number of hydrogen-bond acceptors (Lipinski definition) is 3. The smallest absolute Gasteiger partial charge is 0.104 e. The van der Waals surface area contributed by atoms with E-state index in [9.17, 15) is 0 Å². The average Bonchev–Trinajstić information content (AvgIpc) is 2.90. The third-order valence-electron chi connectivity index (χ3n) is 2.36. The van der Waals surface area contributed by atoms with Crippen LogP contribution in [-0.4, -0.2) is 13.2 Å². The molecule has 0 spiro atoms. The molecule has 2 rings (SSSR count). The molecular weight excluding hydrogens is 262 g/mol. The summed E-state index contributed by atoms with van der Waals surface area (Å²) in [5, 5.41) is 0. The normalized spacial score (nSPS) is 18.4. The van der Waals surface area contributed by atoms with Gasteiger partial charge in [-0.3, -0.25) is 0 Å². The van der Waals surface area contributed by atoms with Crippen molar-refractivity contribution in [1.82, 2.24) is 0 Å². The second-order valence-electron chi connectivity index (χ2n) is 3.64. The molecule has 0 aromatic carbocycles. The number of rotatable bonds is 5. The zero-order chi connectivity index (χ0) is 9.97. The van der Waals surface area contributed by atoms with Crippen molar-refractivity contribution < 1.29 is 4.74 Å². The topological polar surface area (TPSA) is 35.2 Å². The van der Waals surface area contributed by atoms with Gasteiger partial charge in [0.05, 0.1) is 10.4 Å². The Bertz CT molecular complexity index is 298. The van der Waals surface area contributed by atoms with Gasteiger partial charge >= 0.3 is 0 Å². The lowest BCUT2D eigenvalue weighted by Crippen LogP contribution is -2.15. The van der Waals surface area contributed by atoms with Crippen molar-refractivity contribution in [3.8, 4) is 0 Å². The summed E-state index contributed by atoms with van der Waals surface area (Å²) in [5.74, 6) is 0.799. The number of nitrogens with two attached hydrogens (primary N) is 1. The molecule has 0 bridgehead atoms. The van der Waals surface area contributed by atoms with Crippen molar-refractivity contribution in [2.75, 3.05) is 13.2 Å². The van der Waals surface area contributed by atoms with Crippen LogP contribution in [0, 0.1) is 5.92 Å². The summed E-state index contributed by atoms with van der Waals surface area (Å²) in [4.78, 5) is 1.22. The fourth-order valence-corrected chi connectivity index (χ4v) is 2.79. The van der Waals surface area contributed by atoms with Crippen LogP contribution in [-0.2, 0) is 4.74 Å². The Morgan fingerprint density at radius 3 is 2.86 bits per heavy atom. The fourth-order valence-electron chi connectivity index (χ4n) is 1.30. The molecule has 0 amide bonds. The average molecular weight is 276 g/mol. The van der Waals surface area contributed by atoms with Crippen LogP contribution >= 0.6 is 27.3 Å². The van der Waals surface area contributed by atoms with Gasteiger partial charge in [0.2, 0.25) is 0 Å². The molecule has 1 atom stereocenters. The van der Waals surface area contributed by atoms with Gasteiger partial charge in [-0.25, -0.2) is 0 Å². The van der Waals surface area contributed by atoms with Crippen LogP contribution in [0.1, 0.15) is 23.8 Å². The van der Waals surface area contributed by atoms with E-state index >= 15 is 0 Å². The first-order valence-electron chi connectivity index (χ1n) is 4.86. The molecular formula is C10H14BrNOS. The minimum absolute atomic E-state index is 0.0897. The number of ether oxygens (including phenoxy) is 1. The van der Waals surface area contributed by atoms with Crippen molar-refractivity contribution >= 4 is 27.3 Å². The van der Waals surface area contributed by atoms with Crippen molar-refractivity contribution in [2.24, 2.45) is 11.7 Å². The highest BCUT2D eigenvalue weighted by Gasteiger charge is 2.23. The first kappa shape index (κ1) is 10.6. The van der Waals surface area contributed by atoms with Crippen molar-refractivity contribution in [2.45, 2.75) is 18.9 Å². The summed E-state index contributed by atoms with van der Waals surface area (Å²) in [7, 11) is 0. The highest BCUT2D eigenvalue weighted by atomic mass is 79.9. The number of halogens is 1. The maximum absolute atomic E-state index is 5.78. The second kappa shape index (κ2) is 4.75. The van der Waals surface area contributed by atoms with E-state index in [-0.39, 0.29) is 6.10 Å². The third-order valence-corrected chi connectivity index (χ3v) is 4.07. The Kier molecular flexibility index (Phi) is 3.60. The summed E-state index contributed by atoms with van der Waals surface area (Å²) in [6.45, 7) is 1.44. The predicted octanol–water partition coefficient (Wildman–Crippen LogP) is 2.94. The molecule has 0 saturated heterocycles. The molecule has 1 aromatic heterocycles. The Labute approximate surface area is 96.6 Å². The first-order chi connectivity index (χ1) is 6.79. The summed E-state index contributed by atoms with van der Waals surface area (Å²) < 4.78 is 6.92. The lowest BCUT2D eigenvalue weighted by molar-refractivity contribution is 0.0534. The maximum atomic E-state index is 5.78. The Balaban J connectivity index is 1.90. The van der Waals surface area contributed by atoms with E-state index < -0.39 is 0 Å². The minimum atomic E-state index is 0.0897. The van der Waals surface area contributed by atoms with Gasteiger partial charge in [0, 0.05) is 11.4 Å². The summed E-state index contributed by atoms with van der Waals surface area (Å²) in [5.41, 5.74) is 5.69. The van der Waals surface area contributed by atoms with Gasteiger partial charge in [0.15, 0.2) is 0 Å². The highest BCUT2D eigenvalue weighted by molar-refractivity contribution is 9.11. The molecule has 1 saturated carbocycles. The molecule has 2 nitrogen and oxygen atoms in total. The molecule has 78 valence electrons. The number of hydrogen-bond donors (Lipinski definition) is 1. The predicted molar refractivity (Wildman–Crippen MR) is 62.5 cm³/mol. The molecule has 2 N–H and O–H groups in total. The van der Waals surface area contributed by atoms with Crippen molar-refractivity contribution in [3.63, 3.8) is 0 Å². The van der Waals surface area contributed by atoms with Crippen LogP contribution in [0.3, 0.4) is 0 Å². The fraction of sp³-hybridized carbons (Fsp3) is 0.600. The standard InChI is InChI=1S/C10H14BrNOS/c11-10-4-3-9(14-10)8(5-12)13-6-7-1-2-7/h3-4,7-8H,1-2,5-6,12H2. The van der Waals surface area contributed by atoms with E-state index in [1.54, 1.807) is 11.3 Å². The van der Waals surface area contributed by atoms with Gasteiger partial charge in [0.25, 0.3) is 0 Å². The van der Waals surface area contributed by atoms with Crippen LogP contribution in [0.4, 0.5) is 0 Å². The molecule has 0 radical (unpaired) electrons. The lowest BCUT2D eigenvalue weighted by atomic mass is 10.3. The van der Waals surface area contributed by atoms with Crippen LogP contribution in [0.5, 0.6) is 0 Å². The van der Waals surface area contributed by atoms with Crippen LogP contribution in [0.15, 0.2) is 15.9 Å². The quantitative estimate of drug-likeness (QED) is 0.897. The molecule has 1 heterocycles. The van der Waals surface area contributed by atoms with Crippen LogP contribution in [0.25, 0.3) is 0 Å². The first-order valence-corrected chi connectivity index (χ1v) is 6.47. The van der Waals surface area contributed by atoms with E-state index in [1.165, 1.54) is 17.7 Å². The highest BCUT2D eigenvalue weighted by Crippen LogP contribution is 2.33. The molecule has 1 aliphatic rings. The Morgan fingerprint density at radius 2 is 2.36 bits per heavy atom. The van der Waals surface area contributed by atoms with E-state index in [0.29, 0.717) is 6.54 Å². The molecule has 14 heavy (non-hydrogen) atoms. The van der Waals surface area contributed by atoms with E-state index in [2.05, 4.69) is 22.0 Å². The van der Waals surface area contributed by atoms with Gasteiger partial charge in [-0.05, 0) is 46.8 Å². The molecule has 1 unspecified atom stereocenters. The van der Waals surface area contributed by atoms with Gasteiger partial charge < -0.3 is 10.5 Å².